The van der Waals surface area contributed by atoms with Gasteiger partial charge in [0, 0.05) is 13.0 Å². The Labute approximate surface area is 92.7 Å². The Bertz CT molecular complexity index is 327. The van der Waals surface area contributed by atoms with Gasteiger partial charge in [-0.15, -0.1) is 6.58 Å². The van der Waals surface area contributed by atoms with E-state index in [1.807, 2.05) is 0 Å². The van der Waals surface area contributed by atoms with Crippen LogP contribution in [0.15, 0.2) is 12.7 Å². The lowest BCUT2D eigenvalue weighted by molar-refractivity contribution is -0.142. The maximum absolute atomic E-state index is 11.6. The van der Waals surface area contributed by atoms with Crippen LogP contribution in [0.4, 0.5) is 0 Å². The fourth-order valence-corrected chi connectivity index (χ4v) is 1.47. The molecule has 1 saturated heterocycles. The number of carboxylic acid groups (broad SMARTS) is 1. The second-order valence-electron chi connectivity index (χ2n) is 3.63. The summed E-state index contributed by atoms with van der Waals surface area (Å²) in [4.78, 5) is 33.2. The SMILES string of the molecule is C=CCC(NC(=O)C1CNC(=O)C1)C(=O)O. The molecular formula is C10H14N2O4. The number of carbonyl (C=O) groups is 3. The molecule has 2 amide bonds. The van der Waals surface area contributed by atoms with Crippen LogP contribution in [0.1, 0.15) is 12.8 Å². The summed E-state index contributed by atoms with van der Waals surface area (Å²) in [6, 6.07) is -0.972. The summed E-state index contributed by atoms with van der Waals surface area (Å²) in [6.45, 7) is 3.69. The Balaban J connectivity index is 2.51. The summed E-state index contributed by atoms with van der Waals surface area (Å²) >= 11 is 0. The molecule has 0 saturated carbocycles. The van der Waals surface area contributed by atoms with Crippen molar-refractivity contribution < 1.29 is 19.5 Å². The van der Waals surface area contributed by atoms with Crippen molar-refractivity contribution in [3.63, 3.8) is 0 Å². The first-order valence-corrected chi connectivity index (χ1v) is 4.95. The summed E-state index contributed by atoms with van der Waals surface area (Å²) in [6.07, 6.45) is 1.71. The van der Waals surface area contributed by atoms with Crippen molar-refractivity contribution >= 4 is 17.8 Å². The molecule has 0 radical (unpaired) electrons. The van der Waals surface area contributed by atoms with Gasteiger partial charge in [-0.25, -0.2) is 4.79 Å². The fourth-order valence-electron chi connectivity index (χ4n) is 1.47. The molecule has 2 atom stereocenters. The monoisotopic (exact) mass is 226 g/mol. The highest BCUT2D eigenvalue weighted by molar-refractivity contribution is 5.91. The zero-order chi connectivity index (χ0) is 12.1. The molecule has 1 fully saturated rings. The van der Waals surface area contributed by atoms with Gasteiger partial charge in [0.2, 0.25) is 11.8 Å². The Kier molecular flexibility index (Phi) is 4.04. The van der Waals surface area contributed by atoms with E-state index in [4.69, 9.17) is 5.11 Å². The first-order valence-electron chi connectivity index (χ1n) is 4.95. The Morgan fingerprint density at radius 2 is 2.38 bits per heavy atom. The maximum atomic E-state index is 11.6. The molecule has 6 nitrogen and oxygen atoms in total. The van der Waals surface area contributed by atoms with E-state index in [2.05, 4.69) is 17.2 Å². The molecule has 1 aliphatic rings. The topological polar surface area (TPSA) is 95.5 Å². The third kappa shape index (κ3) is 3.08. The lowest BCUT2D eigenvalue weighted by Gasteiger charge is -2.14. The average molecular weight is 226 g/mol. The maximum Gasteiger partial charge on any atom is 0.326 e. The normalized spacial score (nSPS) is 21.0. The number of rotatable bonds is 5. The van der Waals surface area contributed by atoms with Gasteiger partial charge in [-0.3, -0.25) is 9.59 Å². The molecule has 0 aromatic carbocycles. The highest BCUT2D eigenvalue weighted by atomic mass is 16.4. The summed E-state index contributed by atoms with van der Waals surface area (Å²) in [5.41, 5.74) is 0. The fraction of sp³-hybridized carbons (Fsp3) is 0.500. The van der Waals surface area contributed by atoms with Crippen molar-refractivity contribution in [3.05, 3.63) is 12.7 Å². The van der Waals surface area contributed by atoms with Crippen LogP contribution < -0.4 is 10.6 Å². The van der Waals surface area contributed by atoms with Gasteiger partial charge in [0.15, 0.2) is 0 Å². The van der Waals surface area contributed by atoms with Crippen molar-refractivity contribution in [3.8, 4) is 0 Å². The van der Waals surface area contributed by atoms with Gasteiger partial charge < -0.3 is 15.7 Å². The second-order valence-corrected chi connectivity index (χ2v) is 3.63. The first-order chi connectivity index (χ1) is 7.54. The van der Waals surface area contributed by atoms with E-state index in [-0.39, 0.29) is 25.3 Å². The van der Waals surface area contributed by atoms with Gasteiger partial charge in [-0.1, -0.05) is 6.08 Å². The molecule has 88 valence electrons. The molecule has 0 aromatic heterocycles. The van der Waals surface area contributed by atoms with Crippen molar-refractivity contribution in [1.82, 2.24) is 10.6 Å². The molecule has 0 spiro atoms. The van der Waals surface area contributed by atoms with E-state index in [1.54, 1.807) is 0 Å². The van der Waals surface area contributed by atoms with Gasteiger partial charge in [0.05, 0.1) is 5.92 Å². The largest absolute Gasteiger partial charge is 0.480 e. The minimum Gasteiger partial charge on any atom is -0.480 e. The van der Waals surface area contributed by atoms with Crippen LogP contribution in [-0.2, 0) is 14.4 Å². The zero-order valence-corrected chi connectivity index (χ0v) is 8.73. The van der Waals surface area contributed by atoms with Crippen LogP contribution >= 0.6 is 0 Å². The predicted octanol–water partition coefficient (Wildman–Crippen LogP) is -0.732. The van der Waals surface area contributed by atoms with Crippen LogP contribution in [0.25, 0.3) is 0 Å². The van der Waals surface area contributed by atoms with E-state index >= 15 is 0 Å². The van der Waals surface area contributed by atoms with Crippen LogP contribution in [0, 0.1) is 5.92 Å². The number of carbonyl (C=O) groups excluding carboxylic acids is 2. The molecule has 1 rings (SSSR count). The molecule has 2 unspecified atom stereocenters. The predicted molar refractivity (Wildman–Crippen MR) is 55.5 cm³/mol. The molecule has 0 aromatic rings. The van der Waals surface area contributed by atoms with Crippen molar-refractivity contribution in [2.75, 3.05) is 6.54 Å². The van der Waals surface area contributed by atoms with Crippen LogP contribution in [-0.4, -0.2) is 35.5 Å². The third-order valence-corrected chi connectivity index (χ3v) is 2.37. The zero-order valence-electron chi connectivity index (χ0n) is 8.73. The van der Waals surface area contributed by atoms with Crippen LogP contribution in [0.3, 0.4) is 0 Å². The van der Waals surface area contributed by atoms with E-state index in [1.165, 1.54) is 6.08 Å². The van der Waals surface area contributed by atoms with Crippen molar-refractivity contribution in [2.24, 2.45) is 5.92 Å². The quantitative estimate of drug-likeness (QED) is 0.538. The molecule has 1 aliphatic heterocycles. The summed E-state index contributed by atoms with van der Waals surface area (Å²) in [5, 5.41) is 13.7. The number of amides is 2. The van der Waals surface area contributed by atoms with E-state index in [0.717, 1.165) is 0 Å². The molecule has 6 heteroatoms. The van der Waals surface area contributed by atoms with Crippen molar-refractivity contribution in [1.29, 1.82) is 0 Å². The van der Waals surface area contributed by atoms with Crippen molar-refractivity contribution in [2.45, 2.75) is 18.9 Å². The number of hydrogen-bond donors (Lipinski definition) is 3. The molecule has 0 aliphatic carbocycles. The minimum atomic E-state index is -1.11. The van der Waals surface area contributed by atoms with Gasteiger partial charge in [0.1, 0.15) is 6.04 Å². The highest BCUT2D eigenvalue weighted by Crippen LogP contribution is 2.09. The van der Waals surface area contributed by atoms with Gasteiger partial charge in [-0.05, 0) is 6.42 Å². The molecular weight excluding hydrogens is 212 g/mol. The Morgan fingerprint density at radius 3 is 2.81 bits per heavy atom. The van der Waals surface area contributed by atoms with E-state index < -0.39 is 23.8 Å². The molecule has 16 heavy (non-hydrogen) atoms. The van der Waals surface area contributed by atoms with E-state index in [9.17, 15) is 14.4 Å². The van der Waals surface area contributed by atoms with Gasteiger partial charge >= 0.3 is 5.97 Å². The lowest BCUT2D eigenvalue weighted by Crippen LogP contribution is -2.43. The minimum absolute atomic E-state index is 0.117. The average Bonchev–Trinajstić information content (AvgIpc) is 2.64. The smallest absolute Gasteiger partial charge is 0.326 e. The first kappa shape index (κ1) is 12.2. The summed E-state index contributed by atoms with van der Waals surface area (Å²) in [7, 11) is 0. The number of aliphatic carboxylic acids is 1. The standard InChI is InChI=1S/C10H14N2O4/c1-2-3-7(10(15)16)12-9(14)6-4-8(13)11-5-6/h2,6-7H,1,3-5H2,(H,11,13)(H,12,14)(H,15,16). The molecule has 3 N–H and O–H groups in total. The van der Waals surface area contributed by atoms with Gasteiger partial charge in [-0.2, -0.15) is 0 Å². The third-order valence-electron chi connectivity index (χ3n) is 2.37. The summed E-state index contributed by atoms with van der Waals surface area (Å²) in [5.74, 6) is -2.17. The van der Waals surface area contributed by atoms with E-state index in [0.29, 0.717) is 0 Å². The Morgan fingerprint density at radius 1 is 1.69 bits per heavy atom. The Hall–Kier alpha value is -1.85. The molecule has 0 bridgehead atoms. The second kappa shape index (κ2) is 5.29. The highest BCUT2D eigenvalue weighted by Gasteiger charge is 2.30. The lowest BCUT2D eigenvalue weighted by atomic mass is 10.1. The number of carboxylic acids is 1. The summed E-state index contributed by atoms with van der Waals surface area (Å²) < 4.78 is 0. The van der Waals surface area contributed by atoms with Crippen LogP contribution in [0.5, 0.6) is 0 Å². The van der Waals surface area contributed by atoms with Gasteiger partial charge in [0.25, 0.3) is 0 Å². The van der Waals surface area contributed by atoms with Crippen LogP contribution in [0.2, 0.25) is 0 Å². The molecule has 1 heterocycles. The number of hydrogen-bond acceptors (Lipinski definition) is 3. The number of nitrogens with one attached hydrogen (secondary N) is 2.